The second-order valence-corrected chi connectivity index (χ2v) is 7.98. The zero-order valence-electron chi connectivity index (χ0n) is 13.3. The number of aliphatic carboxylic acids is 1. The monoisotopic (exact) mass is 564 g/mol. The van der Waals surface area contributed by atoms with Crippen molar-refractivity contribution < 1.29 is 23.8 Å². The second-order valence-electron chi connectivity index (χ2n) is 5.65. The lowest BCUT2D eigenvalue weighted by Gasteiger charge is -2.12. The van der Waals surface area contributed by atoms with Crippen LogP contribution in [0.2, 0.25) is 0 Å². The molecule has 1 aromatic carbocycles. The third kappa shape index (κ3) is 3.91. The molecular weight excluding hydrogens is 550 g/mol. The molecule has 7 heteroatoms. The molecule has 0 saturated heterocycles. The molecule has 0 bridgehead atoms. The van der Waals surface area contributed by atoms with Crippen LogP contribution in [0.15, 0.2) is 22.6 Å². The molecule has 0 spiro atoms. The average Bonchev–Trinajstić information content (AvgIpc) is 2.83. The lowest BCUT2D eigenvalue weighted by Crippen LogP contribution is -2.11. The van der Waals surface area contributed by atoms with E-state index in [0.29, 0.717) is 29.9 Å². The maximum Gasteiger partial charge on any atom is 0.341 e. The first-order chi connectivity index (χ1) is 11.9. The molecule has 0 amide bonds. The number of benzene rings is 1. The molecule has 1 heterocycles. The zero-order valence-corrected chi connectivity index (χ0v) is 17.6. The fourth-order valence-corrected chi connectivity index (χ4v) is 5.01. The first kappa shape index (κ1) is 18.4. The van der Waals surface area contributed by atoms with E-state index in [2.05, 4.69) is 45.2 Å². The van der Waals surface area contributed by atoms with Crippen molar-refractivity contribution in [3.63, 3.8) is 0 Å². The van der Waals surface area contributed by atoms with Crippen LogP contribution in [0.5, 0.6) is 5.75 Å². The molecule has 25 heavy (non-hydrogen) atoms. The van der Waals surface area contributed by atoms with E-state index in [0.717, 1.165) is 24.0 Å². The van der Waals surface area contributed by atoms with Gasteiger partial charge >= 0.3 is 5.97 Å². The Hall–Kier alpha value is -1.36. The zero-order chi connectivity index (χ0) is 18.1. The van der Waals surface area contributed by atoms with Gasteiger partial charge in [-0.25, -0.2) is 4.79 Å². The Morgan fingerprint density at radius 3 is 2.64 bits per heavy atom. The summed E-state index contributed by atoms with van der Waals surface area (Å²) in [6, 6.07) is 3.89. The number of Topliss-reactive ketones (excluding diaryl/α,β-unsaturated/α-hetero) is 1. The summed E-state index contributed by atoms with van der Waals surface area (Å²) in [6.45, 7) is 1.50. The number of hydrogen-bond acceptors (Lipinski definition) is 4. The molecule has 1 aromatic heterocycles. The molecule has 2 aromatic rings. The summed E-state index contributed by atoms with van der Waals surface area (Å²) in [5.74, 6) is 1.02. The number of ether oxygens (including phenoxy) is 1. The van der Waals surface area contributed by atoms with Crippen LogP contribution in [0, 0.1) is 14.1 Å². The van der Waals surface area contributed by atoms with E-state index < -0.39 is 5.97 Å². The minimum Gasteiger partial charge on any atom is -0.480 e. The fourth-order valence-electron chi connectivity index (χ4n) is 2.80. The van der Waals surface area contributed by atoms with Gasteiger partial charge in [-0.3, -0.25) is 4.79 Å². The molecule has 0 fully saturated rings. The Balaban J connectivity index is 1.92. The molecule has 0 saturated carbocycles. The number of fused-ring (bicyclic) bond motifs is 1. The van der Waals surface area contributed by atoms with Crippen molar-refractivity contribution in [3.8, 4) is 5.75 Å². The number of hydrogen-bond donors (Lipinski definition) is 1. The van der Waals surface area contributed by atoms with Gasteiger partial charge in [0.2, 0.25) is 0 Å². The molecule has 1 aliphatic rings. The van der Waals surface area contributed by atoms with Crippen molar-refractivity contribution in [1.82, 2.24) is 0 Å². The van der Waals surface area contributed by atoms with Gasteiger partial charge in [0.1, 0.15) is 17.3 Å². The Kier molecular flexibility index (Phi) is 5.52. The minimum absolute atomic E-state index is 0.0788. The van der Waals surface area contributed by atoms with Gasteiger partial charge in [0.05, 0.1) is 12.7 Å². The largest absolute Gasteiger partial charge is 0.480 e. The van der Waals surface area contributed by atoms with Crippen LogP contribution in [-0.2, 0) is 11.2 Å². The van der Waals surface area contributed by atoms with Gasteiger partial charge in [-0.15, -0.1) is 0 Å². The van der Waals surface area contributed by atoms with Gasteiger partial charge in [0, 0.05) is 18.4 Å². The van der Waals surface area contributed by atoms with Crippen LogP contribution in [-0.4, -0.2) is 23.5 Å². The number of carboxylic acid groups (broad SMARTS) is 1. The van der Waals surface area contributed by atoms with Gasteiger partial charge in [-0.1, -0.05) is 6.08 Å². The molecule has 130 valence electrons. The molecule has 0 aliphatic heterocycles. The summed E-state index contributed by atoms with van der Waals surface area (Å²) in [5, 5.41) is 8.77. The highest BCUT2D eigenvalue weighted by molar-refractivity contribution is 14.1. The summed E-state index contributed by atoms with van der Waals surface area (Å²) >= 11 is 4.26. The maximum absolute atomic E-state index is 12.3. The van der Waals surface area contributed by atoms with Crippen molar-refractivity contribution in [1.29, 1.82) is 0 Å². The summed E-state index contributed by atoms with van der Waals surface area (Å²) in [6.07, 6.45) is 4.65. The van der Waals surface area contributed by atoms with Crippen LogP contribution >= 0.6 is 45.2 Å². The highest BCUT2D eigenvalue weighted by Gasteiger charge is 2.24. The van der Waals surface area contributed by atoms with Crippen LogP contribution in [0.1, 0.15) is 39.4 Å². The van der Waals surface area contributed by atoms with Gasteiger partial charge in [-0.05, 0) is 75.9 Å². The molecular formula is C18H14I2O5. The van der Waals surface area contributed by atoms with Gasteiger partial charge < -0.3 is 14.3 Å². The second kappa shape index (κ2) is 7.48. The van der Waals surface area contributed by atoms with Gasteiger partial charge in [0.25, 0.3) is 0 Å². The van der Waals surface area contributed by atoms with Crippen molar-refractivity contribution in [3.05, 3.63) is 53.6 Å². The van der Waals surface area contributed by atoms with E-state index in [1.54, 1.807) is 0 Å². The molecule has 1 aliphatic carbocycles. The number of allylic oxidation sites excluding steroid dienone is 1. The highest BCUT2D eigenvalue weighted by atomic mass is 127. The number of aryl methyl sites for hydroxylation is 1. The smallest absolute Gasteiger partial charge is 0.341 e. The lowest BCUT2D eigenvalue weighted by atomic mass is 9.94. The predicted molar refractivity (Wildman–Crippen MR) is 109 cm³/mol. The first-order valence-corrected chi connectivity index (χ1v) is 9.67. The number of carbonyl (C=O) groups excluding carboxylic acids is 1. The van der Waals surface area contributed by atoms with Crippen LogP contribution in [0.4, 0.5) is 0 Å². The minimum atomic E-state index is -1.01. The third-order valence-corrected chi connectivity index (χ3v) is 5.47. The Bertz CT molecular complexity index is 872. The normalized spacial score (nSPS) is 13.0. The molecule has 0 unspecified atom stereocenters. The van der Waals surface area contributed by atoms with E-state index in [9.17, 15) is 9.59 Å². The molecule has 3 rings (SSSR count). The Labute approximate surface area is 171 Å². The van der Waals surface area contributed by atoms with Crippen LogP contribution in [0.25, 0.3) is 6.08 Å². The number of halogens is 2. The number of carbonyl (C=O) groups is 2. The number of rotatable bonds is 5. The standard InChI is InChI=1S/C18H14I2O5/c1-9-11(17-14(21)3-2-4-15(17)25-9)5-10-6-12(19)18(13(20)7-10)24-8-16(22)23/h2,4,6-7H,3,5,8H2,1H3,(H,22,23). The van der Waals surface area contributed by atoms with Crippen molar-refractivity contribution in [2.24, 2.45) is 0 Å². The molecule has 5 nitrogen and oxygen atoms in total. The summed E-state index contributed by atoms with van der Waals surface area (Å²) in [4.78, 5) is 23.0. The average molecular weight is 564 g/mol. The number of ketones is 1. The van der Waals surface area contributed by atoms with E-state index in [1.807, 2.05) is 31.2 Å². The Morgan fingerprint density at radius 1 is 1.32 bits per heavy atom. The predicted octanol–water partition coefficient (Wildman–Crippen LogP) is 4.45. The maximum atomic E-state index is 12.3. The van der Waals surface area contributed by atoms with Gasteiger partial charge in [-0.2, -0.15) is 0 Å². The quantitative estimate of drug-likeness (QED) is 0.544. The SMILES string of the molecule is Cc1oc2c(c1Cc1cc(I)c(OCC(=O)O)c(I)c1)C(=O)CC=C2. The van der Waals surface area contributed by atoms with Crippen molar-refractivity contribution >= 4 is 63.0 Å². The number of furan rings is 1. The summed E-state index contributed by atoms with van der Waals surface area (Å²) in [5.41, 5.74) is 2.61. The van der Waals surface area contributed by atoms with E-state index in [1.165, 1.54) is 0 Å². The molecule has 0 atom stereocenters. The topological polar surface area (TPSA) is 76.7 Å². The van der Waals surface area contributed by atoms with Crippen molar-refractivity contribution in [2.75, 3.05) is 6.61 Å². The lowest BCUT2D eigenvalue weighted by molar-refractivity contribution is -0.139. The van der Waals surface area contributed by atoms with E-state index in [-0.39, 0.29) is 12.4 Å². The molecule has 0 radical (unpaired) electrons. The van der Waals surface area contributed by atoms with E-state index >= 15 is 0 Å². The third-order valence-electron chi connectivity index (χ3n) is 3.87. The summed E-state index contributed by atoms with van der Waals surface area (Å²) in [7, 11) is 0. The first-order valence-electron chi connectivity index (χ1n) is 7.51. The highest BCUT2D eigenvalue weighted by Crippen LogP contribution is 2.33. The van der Waals surface area contributed by atoms with E-state index in [4.69, 9.17) is 14.3 Å². The Morgan fingerprint density at radius 2 is 2.00 bits per heavy atom. The summed E-state index contributed by atoms with van der Waals surface area (Å²) < 4.78 is 12.8. The van der Waals surface area contributed by atoms with Crippen molar-refractivity contribution in [2.45, 2.75) is 19.8 Å². The fraction of sp³-hybridized carbons (Fsp3) is 0.222. The van der Waals surface area contributed by atoms with Crippen LogP contribution < -0.4 is 4.74 Å². The van der Waals surface area contributed by atoms with Gasteiger partial charge in [0.15, 0.2) is 12.4 Å². The van der Waals surface area contributed by atoms with Crippen LogP contribution in [0.3, 0.4) is 0 Å². The number of carboxylic acids is 1. The molecule has 1 N–H and O–H groups in total.